The maximum absolute atomic E-state index is 6.27. The zero-order valence-corrected chi connectivity index (χ0v) is 13.3. The van der Waals surface area contributed by atoms with Crippen molar-refractivity contribution >= 4 is 0 Å². The monoisotopic (exact) mass is 279 g/mol. The topological polar surface area (TPSA) is 32.5 Å². The van der Waals surface area contributed by atoms with Crippen LogP contribution in [-0.4, -0.2) is 54.1 Å². The average molecular weight is 279 g/mol. The summed E-state index contributed by atoms with van der Waals surface area (Å²) in [6.07, 6.45) is 11.2. The lowest BCUT2D eigenvalue weighted by Gasteiger charge is -2.49. The Morgan fingerprint density at radius 2 is 1.70 bits per heavy atom. The van der Waals surface area contributed by atoms with E-state index in [4.69, 9.17) is 5.73 Å². The second-order valence-electron chi connectivity index (χ2n) is 7.27. The van der Waals surface area contributed by atoms with E-state index in [-0.39, 0.29) is 0 Å². The second-order valence-corrected chi connectivity index (χ2v) is 7.27. The smallest absolute Gasteiger partial charge is 0.0360 e. The quantitative estimate of drug-likeness (QED) is 0.858. The van der Waals surface area contributed by atoms with E-state index in [2.05, 4.69) is 16.7 Å². The highest BCUT2D eigenvalue weighted by Crippen LogP contribution is 2.42. The van der Waals surface area contributed by atoms with Crippen LogP contribution in [0.3, 0.4) is 0 Å². The van der Waals surface area contributed by atoms with Crippen LogP contribution in [0.2, 0.25) is 0 Å². The van der Waals surface area contributed by atoms with Gasteiger partial charge in [-0.2, -0.15) is 0 Å². The fourth-order valence-corrected chi connectivity index (χ4v) is 5.33. The molecular weight excluding hydrogens is 246 g/mol. The number of rotatable bonds is 4. The van der Waals surface area contributed by atoms with Gasteiger partial charge in [0.1, 0.15) is 0 Å². The molecule has 0 radical (unpaired) electrons. The molecule has 0 amide bonds. The molecule has 0 aromatic heterocycles. The molecule has 0 aromatic carbocycles. The van der Waals surface area contributed by atoms with Gasteiger partial charge < -0.3 is 5.73 Å². The maximum Gasteiger partial charge on any atom is 0.0360 e. The molecule has 2 saturated carbocycles. The molecule has 3 heteroatoms. The third-order valence-electron chi connectivity index (χ3n) is 6.55. The summed E-state index contributed by atoms with van der Waals surface area (Å²) in [6.45, 7) is 8.30. The summed E-state index contributed by atoms with van der Waals surface area (Å²) in [6, 6.07) is 0.900. The Morgan fingerprint density at radius 1 is 1.00 bits per heavy atom. The molecular formula is C17H33N3. The van der Waals surface area contributed by atoms with Gasteiger partial charge in [0.15, 0.2) is 0 Å². The molecule has 3 nitrogen and oxygen atoms in total. The molecule has 1 aliphatic heterocycles. The van der Waals surface area contributed by atoms with Gasteiger partial charge in [-0.25, -0.2) is 0 Å². The van der Waals surface area contributed by atoms with Crippen molar-refractivity contribution in [3.63, 3.8) is 0 Å². The summed E-state index contributed by atoms with van der Waals surface area (Å²) in [5, 5.41) is 0. The van der Waals surface area contributed by atoms with Crippen molar-refractivity contribution in [2.75, 3.05) is 32.7 Å². The Bertz CT molecular complexity index is 305. The molecule has 1 saturated heterocycles. The fraction of sp³-hybridized carbons (Fsp3) is 1.00. The van der Waals surface area contributed by atoms with Crippen LogP contribution in [-0.2, 0) is 0 Å². The molecule has 20 heavy (non-hydrogen) atoms. The van der Waals surface area contributed by atoms with Crippen LogP contribution in [0, 0.1) is 5.92 Å². The summed E-state index contributed by atoms with van der Waals surface area (Å²) in [5.41, 5.74) is 6.61. The Kier molecular flexibility index (Phi) is 4.68. The number of nitrogens with zero attached hydrogens (tertiary/aromatic N) is 2. The van der Waals surface area contributed by atoms with Gasteiger partial charge in [0, 0.05) is 44.3 Å². The van der Waals surface area contributed by atoms with E-state index >= 15 is 0 Å². The van der Waals surface area contributed by atoms with Gasteiger partial charge in [0.25, 0.3) is 0 Å². The predicted octanol–water partition coefficient (Wildman–Crippen LogP) is 2.45. The minimum Gasteiger partial charge on any atom is -0.329 e. The van der Waals surface area contributed by atoms with Crippen molar-refractivity contribution in [2.45, 2.75) is 69.9 Å². The summed E-state index contributed by atoms with van der Waals surface area (Å²) in [7, 11) is 0. The molecule has 2 atom stereocenters. The number of nitrogens with two attached hydrogens (primary N) is 1. The van der Waals surface area contributed by atoms with Crippen LogP contribution in [0.5, 0.6) is 0 Å². The Hall–Kier alpha value is -0.120. The van der Waals surface area contributed by atoms with Gasteiger partial charge in [-0.1, -0.05) is 32.6 Å². The van der Waals surface area contributed by atoms with Crippen molar-refractivity contribution in [2.24, 2.45) is 11.7 Å². The average Bonchev–Trinajstić information content (AvgIpc) is 3.17. The van der Waals surface area contributed by atoms with E-state index in [1.165, 1.54) is 77.5 Å². The third kappa shape index (κ3) is 2.53. The minimum atomic E-state index is 0.344. The van der Waals surface area contributed by atoms with Gasteiger partial charge in [0.05, 0.1) is 0 Å². The first-order valence-electron chi connectivity index (χ1n) is 8.99. The van der Waals surface area contributed by atoms with E-state index in [0.29, 0.717) is 5.54 Å². The van der Waals surface area contributed by atoms with Gasteiger partial charge >= 0.3 is 0 Å². The van der Waals surface area contributed by atoms with E-state index in [1.807, 2.05) is 0 Å². The standard InChI is InChI=1S/C17H33N3/c1-2-15-6-5-9-17(15,14-18)20-12-10-19(11-13-20)16-7-3-4-8-16/h15-16H,2-14,18H2,1H3. The van der Waals surface area contributed by atoms with Crippen LogP contribution in [0.1, 0.15) is 58.3 Å². The molecule has 3 rings (SSSR count). The normalized spacial score (nSPS) is 37.8. The molecule has 3 aliphatic rings. The Labute approximate surface area is 124 Å². The first kappa shape index (κ1) is 14.8. The van der Waals surface area contributed by atoms with Gasteiger partial charge in [-0.05, 0) is 31.6 Å². The molecule has 0 aromatic rings. The van der Waals surface area contributed by atoms with Crippen molar-refractivity contribution in [3.05, 3.63) is 0 Å². The highest BCUT2D eigenvalue weighted by molar-refractivity contribution is 5.03. The van der Waals surface area contributed by atoms with Crippen LogP contribution in [0.15, 0.2) is 0 Å². The van der Waals surface area contributed by atoms with Crippen molar-refractivity contribution < 1.29 is 0 Å². The van der Waals surface area contributed by atoms with Crippen molar-refractivity contribution in [1.82, 2.24) is 9.80 Å². The molecule has 2 unspecified atom stereocenters. The van der Waals surface area contributed by atoms with E-state index in [1.54, 1.807) is 0 Å². The minimum absolute atomic E-state index is 0.344. The number of hydrogen-bond donors (Lipinski definition) is 1. The first-order chi connectivity index (χ1) is 9.80. The van der Waals surface area contributed by atoms with Gasteiger partial charge in [-0.3, -0.25) is 9.80 Å². The van der Waals surface area contributed by atoms with E-state index in [9.17, 15) is 0 Å². The highest BCUT2D eigenvalue weighted by atomic mass is 15.3. The SMILES string of the molecule is CCC1CCCC1(CN)N1CCN(C2CCCC2)CC1. The molecule has 1 heterocycles. The molecule has 0 bridgehead atoms. The maximum atomic E-state index is 6.27. The zero-order valence-electron chi connectivity index (χ0n) is 13.3. The van der Waals surface area contributed by atoms with E-state index in [0.717, 1.165) is 18.5 Å². The zero-order chi connectivity index (χ0) is 14.0. The van der Waals surface area contributed by atoms with Gasteiger partial charge in [-0.15, -0.1) is 0 Å². The summed E-state index contributed by atoms with van der Waals surface area (Å²) >= 11 is 0. The summed E-state index contributed by atoms with van der Waals surface area (Å²) < 4.78 is 0. The summed E-state index contributed by atoms with van der Waals surface area (Å²) in [5.74, 6) is 0.838. The van der Waals surface area contributed by atoms with Crippen LogP contribution in [0.25, 0.3) is 0 Å². The Morgan fingerprint density at radius 3 is 2.30 bits per heavy atom. The van der Waals surface area contributed by atoms with Crippen molar-refractivity contribution in [3.8, 4) is 0 Å². The number of piperazine rings is 1. The first-order valence-corrected chi connectivity index (χ1v) is 8.99. The highest BCUT2D eigenvalue weighted by Gasteiger charge is 2.46. The lowest BCUT2D eigenvalue weighted by molar-refractivity contribution is 0.000153. The Balaban J connectivity index is 1.61. The van der Waals surface area contributed by atoms with Crippen molar-refractivity contribution in [1.29, 1.82) is 0 Å². The largest absolute Gasteiger partial charge is 0.329 e. The third-order valence-corrected chi connectivity index (χ3v) is 6.55. The van der Waals surface area contributed by atoms with Gasteiger partial charge in [0.2, 0.25) is 0 Å². The molecule has 2 N–H and O–H groups in total. The second kappa shape index (κ2) is 6.33. The lowest BCUT2D eigenvalue weighted by atomic mass is 9.83. The molecule has 0 spiro atoms. The predicted molar refractivity (Wildman–Crippen MR) is 84.8 cm³/mol. The van der Waals surface area contributed by atoms with Crippen LogP contribution >= 0.6 is 0 Å². The van der Waals surface area contributed by atoms with E-state index < -0.39 is 0 Å². The molecule has 3 fully saturated rings. The summed E-state index contributed by atoms with van der Waals surface area (Å²) in [4.78, 5) is 5.54. The van der Waals surface area contributed by atoms with Crippen LogP contribution in [0.4, 0.5) is 0 Å². The molecule has 116 valence electrons. The number of hydrogen-bond acceptors (Lipinski definition) is 3. The van der Waals surface area contributed by atoms with Crippen LogP contribution < -0.4 is 5.73 Å². The lowest BCUT2D eigenvalue weighted by Crippen LogP contribution is -2.62. The molecule has 2 aliphatic carbocycles. The fourth-order valence-electron chi connectivity index (χ4n) is 5.33.